The highest BCUT2D eigenvalue weighted by Crippen LogP contribution is 2.21. The third-order valence-electron chi connectivity index (χ3n) is 5.88. The number of nitrogens with one attached hydrogen (secondary N) is 3. The molecule has 0 unspecified atom stereocenters. The molecule has 4 rings (SSSR count). The van der Waals surface area contributed by atoms with Crippen molar-refractivity contribution < 1.29 is 9.59 Å². The Bertz CT molecular complexity index is 1020. The number of rotatable bonds is 5. The second-order valence-electron chi connectivity index (χ2n) is 8.03. The van der Waals surface area contributed by atoms with Crippen molar-refractivity contribution in [1.29, 1.82) is 0 Å². The van der Waals surface area contributed by atoms with Crippen LogP contribution in [-0.4, -0.2) is 41.5 Å². The number of nitrogens with zero attached hydrogens (tertiary/aromatic N) is 1. The first-order valence-corrected chi connectivity index (χ1v) is 10.5. The Morgan fingerprint density at radius 1 is 1.07 bits per heavy atom. The number of imide groups is 1. The van der Waals surface area contributed by atoms with Crippen LogP contribution in [0, 0.1) is 12.8 Å². The third-order valence-corrected chi connectivity index (χ3v) is 5.88. The zero-order chi connectivity index (χ0) is 20.9. The molecule has 1 aliphatic rings. The molecule has 1 aromatic heterocycles. The van der Waals surface area contributed by atoms with E-state index < -0.39 is 6.03 Å². The van der Waals surface area contributed by atoms with Gasteiger partial charge < -0.3 is 15.2 Å². The molecule has 0 aliphatic carbocycles. The molecule has 3 N–H and O–H groups in total. The summed E-state index contributed by atoms with van der Waals surface area (Å²) in [6, 6.07) is 15.4. The molecular formula is C24H28N4O2. The van der Waals surface area contributed by atoms with Gasteiger partial charge in [0.25, 0.3) is 0 Å². The molecule has 30 heavy (non-hydrogen) atoms. The summed E-state index contributed by atoms with van der Waals surface area (Å²) in [6.07, 6.45) is 4.63. The van der Waals surface area contributed by atoms with Gasteiger partial charge in [-0.15, -0.1) is 0 Å². The number of urea groups is 1. The number of aromatic amines is 1. The zero-order valence-corrected chi connectivity index (χ0v) is 17.3. The lowest BCUT2D eigenvalue weighted by atomic mass is 9.95. The number of carbonyl (C=O) groups is 2. The molecule has 1 fully saturated rings. The lowest BCUT2D eigenvalue weighted by Gasteiger charge is -2.31. The van der Waals surface area contributed by atoms with Crippen LogP contribution in [0.25, 0.3) is 10.9 Å². The largest absolute Gasteiger partial charge is 0.361 e. The van der Waals surface area contributed by atoms with Gasteiger partial charge in [0.2, 0.25) is 5.91 Å². The molecule has 2 aromatic carbocycles. The van der Waals surface area contributed by atoms with Crippen LogP contribution < -0.4 is 10.6 Å². The number of anilines is 1. The SMILES string of the molecule is Cc1ccc(NC(=O)NC(=O)C2CCN(CCc3c[nH]c4ccccc34)CC2)cc1. The number of H-pyrrole nitrogens is 1. The van der Waals surface area contributed by atoms with Crippen LogP contribution in [0.15, 0.2) is 54.7 Å². The Balaban J connectivity index is 1.21. The number of para-hydroxylation sites is 1. The van der Waals surface area contributed by atoms with E-state index in [1.807, 2.05) is 37.3 Å². The van der Waals surface area contributed by atoms with E-state index in [1.54, 1.807) is 0 Å². The van der Waals surface area contributed by atoms with Gasteiger partial charge in [0.15, 0.2) is 0 Å². The molecule has 0 radical (unpaired) electrons. The summed E-state index contributed by atoms with van der Waals surface area (Å²) < 4.78 is 0. The Morgan fingerprint density at radius 3 is 2.57 bits per heavy atom. The maximum Gasteiger partial charge on any atom is 0.325 e. The Hall–Kier alpha value is -3.12. The average molecular weight is 405 g/mol. The lowest BCUT2D eigenvalue weighted by Crippen LogP contribution is -2.44. The number of likely N-dealkylation sites (tertiary alicyclic amines) is 1. The molecule has 0 spiro atoms. The topological polar surface area (TPSA) is 77.2 Å². The first-order chi connectivity index (χ1) is 14.6. The van der Waals surface area contributed by atoms with Crippen LogP contribution in [0.2, 0.25) is 0 Å². The first-order valence-electron chi connectivity index (χ1n) is 10.5. The first kappa shape index (κ1) is 20.2. The lowest BCUT2D eigenvalue weighted by molar-refractivity contribution is -0.125. The molecule has 3 aromatic rings. The molecule has 0 atom stereocenters. The summed E-state index contributed by atoms with van der Waals surface area (Å²) in [5.74, 6) is -0.297. The molecular weight excluding hydrogens is 376 g/mol. The second kappa shape index (κ2) is 9.13. The number of hydrogen-bond acceptors (Lipinski definition) is 3. The predicted octanol–water partition coefficient (Wildman–Crippen LogP) is 4.08. The van der Waals surface area contributed by atoms with Gasteiger partial charge in [-0.05, 0) is 63.0 Å². The Morgan fingerprint density at radius 2 is 1.80 bits per heavy atom. The van der Waals surface area contributed by atoms with Crippen molar-refractivity contribution in [3.8, 4) is 0 Å². The van der Waals surface area contributed by atoms with E-state index in [4.69, 9.17) is 0 Å². The molecule has 3 amide bonds. The summed E-state index contributed by atoms with van der Waals surface area (Å²) in [4.78, 5) is 30.3. The number of aromatic nitrogens is 1. The number of hydrogen-bond donors (Lipinski definition) is 3. The van der Waals surface area contributed by atoms with Gasteiger partial charge in [-0.25, -0.2) is 4.79 Å². The Kier molecular flexibility index (Phi) is 6.14. The van der Waals surface area contributed by atoms with Gasteiger partial charge in [0.05, 0.1) is 0 Å². The van der Waals surface area contributed by atoms with E-state index in [2.05, 4.69) is 44.9 Å². The van der Waals surface area contributed by atoms with Crippen LogP contribution in [0.1, 0.15) is 24.0 Å². The number of carbonyl (C=O) groups excluding carboxylic acids is 2. The summed E-state index contributed by atoms with van der Waals surface area (Å²) >= 11 is 0. The predicted molar refractivity (Wildman–Crippen MR) is 120 cm³/mol. The normalized spacial score (nSPS) is 15.2. The molecule has 6 heteroatoms. The van der Waals surface area contributed by atoms with Gasteiger partial charge in [-0.2, -0.15) is 0 Å². The maximum absolute atomic E-state index is 12.5. The fourth-order valence-corrected chi connectivity index (χ4v) is 4.05. The minimum Gasteiger partial charge on any atom is -0.361 e. The van der Waals surface area contributed by atoms with Crippen LogP contribution in [0.5, 0.6) is 0 Å². The molecule has 1 saturated heterocycles. The molecule has 1 aliphatic heterocycles. The van der Waals surface area contributed by atoms with Crippen molar-refractivity contribution in [3.05, 3.63) is 65.9 Å². The van der Waals surface area contributed by atoms with Crippen molar-refractivity contribution in [1.82, 2.24) is 15.2 Å². The molecule has 0 saturated carbocycles. The maximum atomic E-state index is 12.5. The van der Waals surface area contributed by atoms with Crippen molar-refractivity contribution in [2.45, 2.75) is 26.2 Å². The zero-order valence-electron chi connectivity index (χ0n) is 17.3. The second-order valence-corrected chi connectivity index (χ2v) is 8.03. The number of aryl methyl sites for hydroxylation is 1. The highest BCUT2D eigenvalue weighted by atomic mass is 16.2. The van der Waals surface area contributed by atoms with Crippen LogP contribution in [0.3, 0.4) is 0 Å². The molecule has 156 valence electrons. The summed E-state index contributed by atoms with van der Waals surface area (Å²) in [5.41, 5.74) is 4.30. The van der Waals surface area contributed by atoms with E-state index in [-0.39, 0.29) is 11.8 Å². The van der Waals surface area contributed by atoms with E-state index in [1.165, 1.54) is 16.5 Å². The van der Waals surface area contributed by atoms with E-state index in [0.717, 1.165) is 44.5 Å². The third kappa shape index (κ3) is 4.89. The van der Waals surface area contributed by atoms with Crippen molar-refractivity contribution >= 4 is 28.5 Å². The fraction of sp³-hybridized carbons (Fsp3) is 0.333. The average Bonchev–Trinajstić information content (AvgIpc) is 3.17. The number of amides is 3. The van der Waals surface area contributed by atoms with E-state index in [9.17, 15) is 9.59 Å². The summed E-state index contributed by atoms with van der Waals surface area (Å²) in [6.45, 7) is 4.71. The van der Waals surface area contributed by atoms with Crippen LogP contribution >= 0.6 is 0 Å². The van der Waals surface area contributed by atoms with E-state index >= 15 is 0 Å². The summed E-state index contributed by atoms with van der Waals surface area (Å²) in [5, 5.41) is 6.49. The number of fused-ring (bicyclic) bond motifs is 1. The molecule has 2 heterocycles. The highest BCUT2D eigenvalue weighted by molar-refractivity contribution is 6.01. The van der Waals surface area contributed by atoms with Gasteiger partial charge in [0.1, 0.15) is 0 Å². The van der Waals surface area contributed by atoms with Crippen molar-refractivity contribution in [2.75, 3.05) is 25.0 Å². The van der Waals surface area contributed by atoms with Crippen molar-refractivity contribution in [2.24, 2.45) is 5.92 Å². The summed E-state index contributed by atoms with van der Waals surface area (Å²) in [7, 11) is 0. The number of piperidine rings is 1. The number of benzene rings is 2. The molecule has 6 nitrogen and oxygen atoms in total. The quantitative estimate of drug-likeness (QED) is 0.600. The van der Waals surface area contributed by atoms with E-state index in [0.29, 0.717) is 5.69 Å². The molecule has 0 bridgehead atoms. The minimum atomic E-state index is -0.467. The smallest absolute Gasteiger partial charge is 0.325 e. The van der Waals surface area contributed by atoms with Gasteiger partial charge >= 0.3 is 6.03 Å². The monoisotopic (exact) mass is 404 g/mol. The standard InChI is InChI=1S/C24H28N4O2/c1-17-6-8-20(9-7-17)26-24(30)27-23(29)18-10-13-28(14-11-18)15-12-19-16-25-22-5-3-2-4-21(19)22/h2-9,16,18,25H,10-15H2,1H3,(H2,26,27,29,30). The fourth-order valence-electron chi connectivity index (χ4n) is 4.05. The van der Waals surface area contributed by atoms with Gasteiger partial charge in [-0.3, -0.25) is 10.1 Å². The Labute approximate surface area is 176 Å². The van der Waals surface area contributed by atoms with Crippen molar-refractivity contribution in [3.63, 3.8) is 0 Å². The van der Waals surface area contributed by atoms with Crippen LogP contribution in [-0.2, 0) is 11.2 Å². The van der Waals surface area contributed by atoms with Gasteiger partial charge in [0, 0.05) is 35.2 Å². The van der Waals surface area contributed by atoms with Crippen LogP contribution in [0.4, 0.5) is 10.5 Å². The minimum absolute atomic E-state index is 0.113. The highest BCUT2D eigenvalue weighted by Gasteiger charge is 2.26. The van der Waals surface area contributed by atoms with Gasteiger partial charge in [-0.1, -0.05) is 35.9 Å².